The van der Waals surface area contributed by atoms with Crippen LogP contribution in [0.4, 0.5) is 0 Å². The molecule has 0 bridgehead atoms. The van der Waals surface area contributed by atoms with E-state index in [-0.39, 0.29) is 0 Å². The first-order chi connectivity index (χ1) is 8.79. The summed E-state index contributed by atoms with van der Waals surface area (Å²) in [5, 5.41) is 16.9. The molecule has 0 fully saturated rings. The molecule has 0 saturated heterocycles. The van der Waals surface area contributed by atoms with Gasteiger partial charge < -0.3 is 10.4 Å². The van der Waals surface area contributed by atoms with Gasteiger partial charge in [-0.05, 0) is 30.2 Å². The molecular weight excluding hydrogens is 226 g/mol. The molecule has 18 heavy (non-hydrogen) atoms. The highest BCUT2D eigenvalue weighted by Gasteiger charge is 2.01. The standard InChI is InChI=1S/C14H19N3O/c1-2-9-17-13(7-8-16-17)11-15-10-12-3-5-14(18)6-4-12/h3-8,15,18H,2,9-11H2,1H3. The van der Waals surface area contributed by atoms with Crippen LogP contribution < -0.4 is 5.32 Å². The van der Waals surface area contributed by atoms with Crippen molar-refractivity contribution in [3.8, 4) is 5.75 Å². The van der Waals surface area contributed by atoms with Gasteiger partial charge in [0.15, 0.2) is 0 Å². The van der Waals surface area contributed by atoms with Crippen LogP contribution in [-0.2, 0) is 19.6 Å². The largest absolute Gasteiger partial charge is 0.508 e. The molecule has 0 radical (unpaired) electrons. The summed E-state index contributed by atoms with van der Waals surface area (Å²) < 4.78 is 2.03. The Morgan fingerprint density at radius 2 is 1.94 bits per heavy atom. The van der Waals surface area contributed by atoms with Gasteiger partial charge in [-0.1, -0.05) is 19.1 Å². The van der Waals surface area contributed by atoms with Crippen LogP contribution in [0.15, 0.2) is 36.5 Å². The van der Waals surface area contributed by atoms with Gasteiger partial charge in [-0.2, -0.15) is 5.10 Å². The van der Waals surface area contributed by atoms with Crippen LogP contribution in [-0.4, -0.2) is 14.9 Å². The quantitative estimate of drug-likeness (QED) is 0.821. The predicted molar refractivity (Wildman–Crippen MR) is 71.2 cm³/mol. The first kappa shape index (κ1) is 12.6. The molecule has 0 spiro atoms. The van der Waals surface area contributed by atoms with Crippen LogP contribution in [0.3, 0.4) is 0 Å². The van der Waals surface area contributed by atoms with Gasteiger partial charge >= 0.3 is 0 Å². The number of rotatable bonds is 6. The lowest BCUT2D eigenvalue weighted by Gasteiger charge is -2.08. The van der Waals surface area contributed by atoms with Crippen LogP contribution in [0.1, 0.15) is 24.6 Å². The van der Waals surface area contributed by atoms with Crippen molar-refractivity contribution in [3.05, 3.63) is 47.8 Å². The molecular formula is C14H19N3O. The average Bonchev–Trinajstić information content (AvgIpc) is 2.80. The lowest BCUT2D eigenvalue weighted by atomic mass is 10.2. The zero-order chi connectivity index (χ0) is 12.8. The van der Waals surface area contributed by atoms with Gasteiger partial charge in [0.25, 0.3) is 0 Å². The average molecular weight is 245 g/mol. The third-order valence-corrected chi connectivity index (χ3v) is 2.81. The van der Waals surface area contributed by atoms with E-state index < -0.39 is 0 Å². The van der Waals surface area contributed by atoms with Crippen molar-refractivity contribution in [2.75, 3.05) is 0 Å². The van der Waals surface area contributed by atoms with E-state index in [1.807, 2.05) is 29.1 Å². The topological polar surface area (TPSA) is 50.1 Å². The molecule has 0 aliphatic heterocycles. The van der Waals surface area contributed by atoms with E-state index in [9.17, 15) is 5.11 Å². The smallest absolute Gasteiger partial charge is 0.115 e. The number of aromatic hydroxyl groups is 1. The zero-order valence-corrected chi connectivity index (χ0v) is 10.6. The van der Waals surface area contributed by atoms with Gasteiger partial charge in [0.2, 0.25) is 0 Å². The minimum Gasteiger partial charge on any atom is -0.508 e. The SMILES string of the molecule is CCCn1nccc1CNCc1ccc(O)cc1. The van der Waals surface area contributed by atoms with Gasteiger partial charge in [-0.25, -0.2) is 0 Å². The van der Waals surface area contributed by atoms with Gasteiger partial charge in [0, 0.05) is 25.8 Å². The second-order valence-electron chi connectivity index (χ2n) is 4.32. The Hall–Kier alpha value is -1.81. The van der Waals surface area contributed by atoms with Crippen LogP contribution in [0.5, 0.6) is 5.75 Å². The van der Waals surface area contributed by atoms with Gasteiger partial charge in [-0.15, -0.1) is 0 Å². The highest BCUT2D eigenvalue weighted by Crippen LogP contribution is 2.09. The number of benzene rings is 1. The van der Waals surface area contributed by atoms with E-state index in [0.717, 1.165) is 31.6 Å². The molecule has 0 saturated carbocycles. The number of phenolic OH excluding ortho intramolecular Hbond substituents is 1. The van der Waals surface area contributed by atoms with Crippen molar-refractivity contribution in [2.45, 2.75) is 33.0 Å². The Morgan fingerprint density at radius 1 is 1.17 bits per heavy atom. The fraction of sp³-hybridized carbons (Fsp3) is 0.357. The maximum atomic E-state index is 9.20. The molecule has 4 heteroatoms. The highest BCUT2D eigenvalue weighted by atomic mass is 16.3. The Balaban J connectivity index is 1.84. The molecule has 0 aliphatic carbocycles. The lowest BCUT2D eigenvalue weighted by Crippen LogP contribution is -2.16. The molecule has 1 aromatic heterocycles. The van der Waals surface area contributed by atoms with Crippen molar-refractivity contribution in [1.82, 2.24) is 15.1 Å². The number of aromatic nitrogens is 2. The zero-order valence-electron chi connectivity index (χ0n) is 10.6. The predicted octanol–water partition coefficient (Wildman–Crippen LogP) is 2.29. The Morgan fingerprint density at radius 3 is 2.67 bits per heavy atom. The van der Waals surface area contributed by atoms with Gasteiger partial charge in [-0.3, -0.25) is 4.68 Å². The van der Waals surface area contributed by atoms with E-state index in [1.54, 1.807) is 12.1 Å². The molecule has 4 nitrogen and oxygen atoms in total. The summed E-state index contributed by atoms with van der Waals surface area (Å²) in [6, 6.07) is 9.30. The maximum Gasteiger partial charge on any atom is 0.115 e. The van der Waals surface area contributed by atoms with Crippen molar-refractivity contribution in [2.24, 2.45) is 0 Å². The van der Waals surface area contributed by atoms with Crippen molar-refractivity contribution < 1.29 is 5.11 Å². The summed E-state index contributed by atoms with van der Waals surface area (Å²) in [4.78, 5) is 0. The van der Waals surface area contributed by atoms with E-state index in [1.165, 1.54) is 5.69 Å². The number of hydrogen-bond donors (Lipinski definition) is 2. The fourth-order valence-electron chi connectivity index (χ4n) is 1.87. The van der Waals surface area contributed by atoms with Gasteiger partial charge in [0.1, 0.15) is 5.75 Å². The third kappa shape index (κ3) is 3.34. The Labute approximate surface area is 107 Å². The molecule has 0 amide bonds. The summed E-state index contributed by atoms with van der Waals surface area (Å²) in [6.45, 7) is 4.71. The van der Waals surface area contributed by atoms with Crippen LogP contribution in [0.25, 0.3) is 0 Å². The molecule has 0 aliphatic rings. The van der Waals surface area contributed by atoms with E-state index in [0.29, 0.717) is 5.75 Å². The number of aryl methyl sites for hydroxylation is 1. The van der Waals surface area contributed by atoms with Crippen LogP contribution in [0, 0.1) is 0 Å². The summed E-state index contributed by atoms with van der Waals surface area (Å²) in [6.07, 6.45) is 2.93. The lowest BCUT2D eigenvalue weighted by molar-refractivity contribution is 0.475. The van der Waals surface area contributed by atoms with E-state index in [4.69, 9.17) is 0 Å². The summed E-state index contributed by atoms with van der Waals surface area (Å²) in [5.74, 6) is 0.305. The summed E-state index contributed by atoms with van der Waals surface area (Å²) in [7, 11) is 0. The van der Waals surface area contributed by atoms with Crippen LogP contribution in [0.2, 0.25) is 0 Å². The highest BCUT2D eigenvalue weighted by molar-refractivity contribution is 5.25. The first-order valence-electron chi connectivity index (χ1n) is 6.29. The molecule has 1 heterocycles. The van der Waals surface area contributed by atoms with Crippen LogP contribution >= 0.6 is 0 Å². The first-order valence-corrected chi connectivity index (χ1v) is 6.29. The Kier molecular flexibility index (Phi) is 4.36. The van der Waals surface area contributed by atoms with Gasteiger partial charge in [0.05, 0.1) is 5.69 Å². The molecule has 2 N–H and O–H groups in total. The molecule has 1 aromatic carbocycles. The Bertz CT molecular complexity index is 476. The third-order valence-electron chi connectivity index (χ3n) is 2.81. The maximum absolute atomic E-state index is 9.20. The molecule has 2 rings (SSSR count). The summed E-state index contributed by atoms with van der Waals surface area (Å²) >= 11 is 0. The second-order valence-corrected chi connectivity index (χ2v) is 4.32. The molecule has 0 atom stereocenters. The number of nitrogens with zero attached hydrogens (tertiary/aromatic N) is 2. The summed E-state index contributed by atoms with van der Waals surface area (Å²) in [5.41, 5.74) is 2.37. The van der Waals surface area contributed by atoms with Crippen molar-refractivity contribution >= 4 is 0 Å². The van der Waals surface area contributed by atoms with Crippen molar-refractivity contribution in [1.29, 1.82) is 0 Å². The number of phenols is 1. The fourth-order valence-corrected chi connectivity index (χ4v) is 1.87. The number of nitrogens with one attached hydrogen (secondary N) is 1. The second kappa shape index (κ2) is 6.21. The molecule has 2 aromatic rings. The minimum atomic E-state index is 0.305. The number of hydrogen-bond acceptors (Lipinski definition) is 3. The van der Waals surface area contributed by atoms with E-state index in [2.05, 4.69) is 17.3 Å². The minimum absolute atomic E-state index is 0.305. The monoisotopic (exact) mass is 245 g/mol. The molecule has 96 valence electrons. The van der Waals surface area contributed by atoms with E-state index >= 15 is 0 Å². The normalized spacial score (nSPS) is 10.7. The van der Waals surface area contributed by atoms with Crippen molar-refractivity contribution in [3.63, 3.8) is 0 Å². The molecule has 0 unspecified atom stereocenters.